The Kier molecular flexibility index (Phi) is 4.79. The van der Waals surface area contributed by atoms with Gasteiger partial charge in [0.25, 0.3) is 0 Å². The van der Waals surface area contributed by atoms with Crippen LogP contribution in [0.5, 0.6) is 0 Å². The standard InChI is InChI=1S/C13H5F7N4O2/c1-26-12(25)23-11-4(2-21)3-22-24(11)10-8(16)6(14)5(13(18,19)20)7(15)9(10)17/h3H,1H3,(H,23,25). The van der Waals surface area contributed by atoms with Crippen LogP contribution in [0.4, 0.5) is 41.3 Å². The first kappa shape index (κ1) is 19.0. The van der Waals surface area contributed by atoms with Gasteiger partial charge in [0.2, 0.25) is 0 Å². The van der Waals surface area contributed by atoms with E-state index >= 15 is 0 Å². The molecule has 1 N–H and O–H groups in total. The fraction of sp³-hybridized carbons (Fsp3) is 0.154. The maximum Gasteiger partial charge on any atom is 0.422 e. The third-order valence-corrected chi connectivity index (χ3v) is 3.03. The first-order valence-corrected chi connectivity index (χ1v) is 6.31. The van der Waals surface area contributed by atoms with Gasteiger partial charge in [0.1, 0.15) is 22.9 Å². The van der Waals surface area contributed by atoms with Crippen molar-refractivity contribution in [1.29, 1.82) is 5.26 Å². The largest absolute Gasteiger partial charge is 0.453 e. The van der Waals surface area contributed by atoms with Gasteiger partial charge in [-0.15, -0.1) is 0 Å². The molecule has 2 aromatic rings. The lowest BCUT2D eigenvalue weighted by molar-refractivity contribution is -0.143. The van der Waals surface area contributed by atoms with Crippen molar-refractivity contribution in [3.8, 4) is 11.8 Å². The average Bonchev–Trinajstić information content (AvgIpc) is 2.94. The van der Waals surface area contributed by atoms with E-state index in [1.54, 1.807) is 0 Å². The number of carbonyl (C=O) groups excluding carboxylic acids is 1. The van der Waals surface area contributed by atoms with E-state index in [0.29, 0.717) is 6.20 Å². The SMILES string of the molecule is COC(=O)Nc1c(C#N)cnn1-c1c(F)c(F)c(C(F)(F)F)c(F)c1F. The maximum atomic E-state index is 14.1. The van der Waals surface area contributed by atoms with Crippen molar-refractivity contribution < 1.29 is 40.3 Å². The molecule has 0 aliphatic rings. The third kappa shape index (κ3) is 3.01. The lowest BCUT2D eigenvalue weighted by Gasteiger charge is -2.15. The molecule has 138 valence electrons. The molecule has 13 heteroatoms. The fourth-order valence-electron chi connectivity index (χ4n) is 1.92. The maximum absolute atomic E-state index is 14.1. The zero-order valence-corrected chi connectivity index (χ0v) is 12.4. The Hall–Kier alpha value is -3.30. The molecule has 0 aliphatic carbocycles. The molecule has 6 nitrogen and oxygen atoms in total. The Balaban J connectivity index is 2.82. The van der Waals surface area contributed by atoms with Gasteiger partial charge in [-0.3, -0.25) is 5.32 Å². The number of nitrogens with zero attached hydrogens (tertiary/aromatic N) is 3. The summed E-state index contributed by atoms with van der Waals surface area (Å²) in [5, 5.41) is 14.0. The molecule has 0 bridgehead atoms. The van der Waals surface area contributed by atoms with Gasteiger partial charge >= 0.3 is 12.3 Å². The van der Waals surface area contributed by atoms with Crippen LogP contribution in [0.25, 0.3) is 5.69 Å². The van der Waals surface area contributed by atoms with Crippen molar-refractivity contribution in [2.45, 2.75) is 6.18 Å². The van der Waals surface area contributed by atoms with Crippen molar-refractivity contribution in [3.05, 3.63) is 40.6 Å². The van der Waals surface area contributed by atoms with Gasteiger partial charge in [0, 0.05) is 0 Å². The molecule has 0 saturated carbocycles. The van der Waals surface area contributed by atoms with Crippen LogP contribution in [0.15, 0.2) is 6.20 Å². The number of amides is 1. The van der Waals surface area contributed by atoms with Crippen LogP contribution < -0.4 is 5.32 Å². The number of alkyl halides is 3. The van der Waals surface area contributed by atoms with Gasteiger partial charge < -0.3 is 4.74 Å². The second kappa shape index (κ2) is 6.54. The molecule has 0 atom stereocenters. The van der Waals surface area contributed by atoms with E-state index in [2.05, 4.69) is 9.84 Å². The minimum Gasteiger partial charge on any atom is -0.453 e. The lowest BCUT2D eigenvalue weighted by Crippen LogP contribution is -2.20. The van der Waals surface area contributed by atoms with Crippen LogP contribution >= 0.6 is 0 Å². The average molecular weight is 382 g/mol. The second-order valence-electron chi connectivity index (χ2n) is 4.52. The molecule has 0 aliphatic heterocycles. The summed E-state index contributed by atoms with van der Waals surface area (Å²) in [5.74, 6) is -11.1. The van der Waals surface area contributed by atoms with E-state index in [1.807, 2.05) is 5.32 Å². The summed E-state index contributed by atoms with van der Waals surface area (Å²) in [6.07, 6.45) is -6.32. The number of carbonyl (C=O) groups is 1. The van der Waals surface area contributed by atoms with E-state index in [4.69, 9.17) is 5.26 Å². The smallest absolute Gasteiger partial charge is 0.422 e. The van der Waals surface area contributed by atoms with E-state index in [-0.39, 0.29) is 4.68 Å². The zero-order chi connectivity index (χ0) is 19.8. The van der Waals surface area contributed by atoms with Crippen LogP contribution in [-0.4, -0.2) is 23.0 Å². The molecule has 0 saturated heterocycles. The number of anilines is 1. The van der Waals surface area contributed by atoms with Gasteiger partial charge in [0.05, 0.1) is 13.3 Å². The highest BCUT2D eigenvalue weighted by Crippen LogP contribution is 2.38. The number of methoxy groups -OCH3 is 1. The predicted molar refractivity (Wildman–Crippen MR) is 69.1 cm³/mol. The van der Waals surface area contributed by atoms with E-state index < -0.39 is 58.2 Å². The number of hydrogen-bond acceptors (Lipinski definition) is 4. The van der Waals surface area contributed by atoms with Gasteiger partial charge in [-0.05, 0) is 0 Å². The van der Waals surface area contributed by atoms with Crippen molar-refractivity contribution in [2.75, 3.05) is 12.4 Å². The number of rotatable bonds is 2. The number of ether oxygens (including phenoxy) is 1. The minimum absolute atomic E-state index is 0.0203. The highest BCUT2D eigenvalue weighted by atomic mass is 19.4. The van der Waals surface area contributed by atoms with Crippen molar-refractivity contribution >= 4 is 11.9 Å². The normalized spacial score (nSPS) is 11.2. The van der Waals surface area contributed by atoms with E-state index in [0.717, 1.165) is 7.11 Å². The molecular weight excluding hydrogens is 377 g/mol. The topological polar surface area (TPSA) is 79.9 Å². The summed E-state index contributed by atoms with van der Waals surface area (Å²) in [6.45, 7) is 0. The first-order chi connectivity index (χ1) is 12.0. The first-order valence-electron chi connectivity index (χ1n) is 6.31. The number of benzene rings is 1. The molecular formula is C13H5F7N4O2. The Morgan fingerprint density at radius 3 is 2.15 bits per heavy atom. The summed E-state index contributed by atoms with van der Waals surface area (Å²) in [5.41, 5.74) is -5.00. The highest BCUT2D eigenvalue weighted by molar-refractivity contribution is 5.85. The molecule has 0 radical (unpaired) electrons. The monoisotopic (exact) mass is 382 g/mol. The third-order valence-electron chi connectivity index (χ3n) is 3.03. The van der Waals surface area contributed by atoms with Gasteiger partial charge in [-0.25, -0.2) is 27.0 Å². The Morgan fingerprint density at radius 2 is 1.73 bits per heavy atom. The second-order valence-corrected chi connectivity index (χ2v) is 4.52. The van der Waals surface area contributed by atoms with Crippen LogP contribution in [0, 0.1) is 34.6 Å². The molecule has 0 unspecified atom stereocenters. The molecule has 1 aromatic heterocycles. The van der Waals surface area contributed by atoms with Gasteiger partial charge in [-0.1, -0.05) is 0 Å². The number of halogens is 7. The quantitative estimate of drug-likeness (QED) is 0.637. The minimum atomic E-state index is -5.72. The Bertz CT molecular complexity index is 901. The molecule has 0 spiro atoms. The van der Waals surface area contributed by atoms with Gasteiger partial charge in [0.15, 0.2) is 29.1 Å². The van der Waals surface area contributed by atoms with Gasteiger partial charge in [-0.2, -0.15) is 23.5 Å². The van der Waals surface area contributed by atoms with Crippen LogP contribution in [-0.2, 0) is 10.9 Å². The van der Waals surface area contributed by atoms with Crippen LogP contribution in [0.2, 0.25) is 0 Å². The number of aromatic nitrogens is 2. The summed E-state index contributed by atoms with van der Waals surface area (Å²) >= 11 is 0. The van der Waals surface area contributed by atoms with Crippen molar-refractivity contribution in [3.63, 3.8) is 0 Å². The molecule has 1 amide bonds. The summed E-state index contributed by atoms with van der Waals surface area (Å²) in [6, 6.07) is 1.45. The molecule has 26 heavy (non-hydrogen) atoms. The van der Waals surface area contributed by atoms with Crippen molar-refractivity contribution in [1.82, 2.24) is 9.78 Å². The molecule has 2 rings (SSSR count). The van der Waals surface area contributed by atoms with E-state index in [1.165, 1.54) is 6.07 Å². The lowest BCUT2D eigenvalue weighted by atomic mass is 10.1. The van der Waals surface area contributed by atoms with Crippen LogP contribution in [0.1, 0.15) is 11.1 Å². The Labute approximate surface area is 139 Å². The zero-order valence-electron chi connectivity index (χ0n) is 12.4. The molecule has 1 heterocycles. The summed E-state index contributed by atoms with van der Waals surface area (Å²) < 4.78 is 97.6. The molecule has 1 aromatic carbocycles. The van der Waals surface area contributed by atoms with Crippen molar-refractivity contribution in [2.24, 2.45) is 0 Å². The molecule has 0 fully saturated rings. The van der Waals surface area contributed by atoms with Crippen LogP contribution in [0.3, 0.4) is 0 Å². The number of nitrogens with one attached hydrogen (secondary N) is 1. The Morgan fingerprint density at radius 1 is 1.19 bits per heavy atom. The summed E-state index contributed by atoms with van der Waals surface area (Å²) in [7, 11) is 0.890. The predicted octanol–water partition coefficient (Wildman–Crippen LogP) is 3.50. The summed E-state index contributed by atoms with van der Waals surface area (Å²) in [4.78, 5) is 11.3. The highest BCUT2D eigenvalue weighted by Gasteiger charge is 2.43. The number of nitriles is 1. The fourth-order valence-corrected chi connectivity index (χ4v) is 1.92. The number of hydrogen-bond donors (Lipinski definition) is 1. The van der Waals surface area contributed by atoms with E-state index in [9.17, 15) is 35.5 Å².